The van der Waals surface area contributed by atoms with Gasteiger partial charge in [-0.05, 0) is 90.3 Å². The zero-order valence-corrected chi connectivity index (χ0v) is 24.8. The lowest BCUT2D eigenvalue weighted by atomic mass is 9.84. The number of hydrogen-bond acceptors (Lipinski definition) is 5. The predicted octanol–water partition coefficient (Wildman–Crippen LogP) is 5.01. The number of hydrogen-bond donors (Lipinski definition) is 2. The minimum atomic E-state index is -0.499. The topological polar surface area (TPSA) is 91.0 Å². The number of carbonyl (C=O) groups excluding carboxylic acids is 3. The van der Waals surface area contributed by atoms with E-state index in [9.17, 15) is 14.4 Å². The monoisotopic (exact) mass is 548 g/mol. The fraction of sp³-hybridized carbons (Fsp3) is 0.690. The number of rotatable bonds is 7. The number of ether oxygens (including phenoxy) is 1. The molecule has 1 aromatic carbocycles. The zero-order chi connectivity index (χ0) is 28.2. The standard InChI is InChI=1S/C29H45ClN4O4/c1-8-33(17-21-9-11-34(12-10-21)28(37)38-29(5,6)7)25-15-22(30)14-23(20(25)4)26(35)31-16-24-18(2)13-19(3)32-27(24)36/h14-15,18-19,21,24H,8-13,16-17H2,1-7H3,(H,31,35)(H,32,36). The molecule has 0 bridgehead atoms. The van der Waals surface area contributed by atoms with Crippen LogP contribution in [0.4, 0.5) is 10.5 Å². The van der Waals surface area contributed by atoms with E-state index < -0.39 is 5.60 Å². The third-order valence-electron chi connectivity index (χ3n) is 7.68. The number of halogens is 1. The van der Waals surface area contributed by atoms with E-state index in [1.165, 1.54) is 0 Å². The number of nitrogens with one attached hydrogen (secondary N) is 2. The van der Waals surface area contributed by atoms with Crippen molar-refractivity contribution in [3.63, 3.8) is 0 Å². The molecule has 2 saturated heterocycles. The quantitative estimate of drug-likeness (QED) is 0.499. The molecule has 9 heteroatoms. The molecule has 2 aliphatic rings. The second kappa shape index (κ2) is 12.6. The summed E-state index contributed by atoms with van der Waals surface area (Å²) >= 11 is 6.50. The summed E-state index contributed by atoms with van der Waals surface area (Å²) in [4.78, 5) is 42.2. The van der Waals surface area contributed by atoms with Crippen molar-refractivity contribution in [1.82, 2.24) is 15.5 Å². The summed E-state index contributed by atoms with van der Waals surface area (Å²) in [6, 6.07) is 3.78. The molecule has 3 rings (SSSR count). The zero-order valence-electron chi connectivity index (χ0n) is 24.0. The second-order valence-electron chi connectivity index (χ2n) is 12.0. The number of benzene rings is 1. The molecule has 2 heterocycles. The molecule has 2 fully saturated rings. The van der Waals surface area contributed by atoms with Gasteiger partial charge < -0.3 is 25.2 Å². The van der Waals surface area contributed by atoms with Crippen molar-refractivity contribution in [3.8, 4) is 0 Å². The normalized spacial score (nSPS) is 22.6. The Balaban J connectivity index is 1.65. The van der Waals surface area contributed by atoms with Crippen LogP contribution >= 0.6 is 11.6 Å². The van der Waals surface area contributed by atoms with Crippen molar-refractivity contribution >= 4 is 35.2 Å². The average Bonchev–Trinajstić information content (AvgIpc) is 2.82. The number of nitrogens with zero attached hydrogens (tertiary/aromatic N) is 2. The fourth-order valence-electron chi connectivity index (χ4n) is 5.54. The SMILES string of the molecule is CCN(CC1CCN(C(=O)OC(C)(C)C)CC1)c1cc(Cl)cc(C(=O)NCC2C(=O)NC(C)CC2C)c1C. The van der Waals surface area contributed by atoms with Gasteiger partial charge in [0.15, 0.2) is 0 Å². The van der Waals surface area contributed by atoms with Crippen LogP contribution in [0.2, 0.25) is 5.02 Å². The van der Waals surface area contributed by atoms with Gasteiger partial charge in [-0.3, -0.25) is 9.59 Å². The van der Waals surface area contributed by atoms with Gasteiger partial charge >= 0.3 is 6.09 Å². The van der Waals surface area contributed by atoms with E-state index in [4.69, 9.17) is 16.3 Å². The first-order valence-corrected chi connectivity index (χ1v) is 14.3. The predicted molar refractivity (Wildman–Crippen MR) is 152 cm³/mol. The molecule has 3 atom stereocenters. The van der Waals surface area contributed by atoms with Crippen molar-refractivity contribution in [3.05, 3.63) is 28.3 Å². The average molecular weight is 549 g/mol. The summed E-state index contributed by atoms with van der Waals surface area (Å²) in [5.74, 6) is 0.152. The highest BCUT2D eigenvalue weighted by Crippen LogP contribution is 2.31. The first kappa shape index (κ1) is 30.1. The molecular weight excluding hydrogens is 504 g/mol. The van der Waals surface area contributed by atoms with E-state index in [-0.39, 0.29) is 35.8 Å². The molecular formula is C29H45ClN4O4. The van der Waals surface area contributed by atoms with Crippen LogP contribution in [0.1, 0.15) is 76.7 Å². The van der Waals surface area contributed by atoms with E-state index in [1.807, 2.05) is 40.7 Å². The van der Waals surface area contributed by atoms with Crippen LogP contribution in [-0.4, -0.2) is 67.2 Å². The molecule has 38 heavy (non-hydrogen) atoms. The maximum Gasteiger partial charge on any atom is 0.410 e. The van der Waals surface area contributed by atoms with Crippen LogP contribution in [0.5, 0.6) is 0 Å². The number of anilines is 1. The van der Waals surface area contributed by atoms with Gasteiger partial charge in [0.25, 0.3) is 5.91 Å². The maximum absolute atomic E-state index is 13.2. The number of likely N-dealkylation sites (tertiary alicyclic amines) is 1. The third kappa shape index (κ3) is 7.78. The lowest BCUT2D eigenvalue weighted by Crippen LogP contribution is -2.50. The molecule has 0 saturated carbocycles. The minimum Gasteiger partial charge on any atom is -0.444 e. The molecule has 212 valence electrons. The van der Waals surface area contributed by atoms with Gasteiger partial charge in [-0.15, -0.1) is 0 Å². The van der Waals surface area contributed by atoms with Gasteiger partial charge in [-0.25, -0.2) is 4.79 Å². The smallest absolute Gasteiger partial charge is 0.410 e. The molecule has 0 aromatic heterocycles. The van der Waals surface area contributed by atoms with Gasteiger partial charge in [0.05, 0.1) is 5.92 Å². The Morgan fingerprint density at radius 3 is 2.45 bits per heavy atom. The Bertz CT molecular complexity index is 1020. The number of carbonyl (C=O) groups is 3. The highest BCUT2D eigenvalue weighted by atomic mass is 35.5. The maximum atomic E-state index is 13.2. The molecule has 3 amide bonds. The van der Waals surface area contributed by atoms with Gasteiger partial charge in [0.2, 0.25) is 5.91 Å². The Kier molecular flexibility index (Phi) is 9.96. The van der Waals surface area contributed by atoms with Crippen molar-refractivity contribution in [2.24, 2.45) is 17.8 Å². The van der Waals surface area contributed by atoms with E-state index in [1.54, 1.807) is 11.0 Å². The highest BCUT2D eigenvalue weighted by Gasteiger charge is 2.33. The van der Waals surface area contributed by atoms with E-state index in [0.717, 1.165) is 43.6 Å². The van der Waals surface area contributed by atoms with E-state index >= 15 is 0 Å². The van der Waals surface area contributed by atoms with Crippen molar-refractivity contribution < 1.29 is 19.1 Å². The van der Waals surface area contributed by atoms with Gasteiger partial charge in [0.1, 0.15) is 5.60 Å². The van der Waals surface area contributed by atoms with E-state index in [2.05, 4.69) is 29.4 Å². The van der Waals surface area contributed by atoms with Crippen molar-refractivity contribution in [1.29, 1.82) is 0 Å². The fourth-order valence-corrected chi connectivity index (χ4v) is 5.76. The van der Waals surface area contributed by atoms with Crippen molar-refractivity contribution in [2.75, 3.05) is 37.6 Å². The van der Waals surface area contributed by atoms with Crippen LogP contribution in [-0.2, 0) is 9.53 Å². The first-order valence-electron chi connectivity index (χ1n) is 13.9. The van der Waals surface area contributed by atoms with Crippen LogP contribution in [0, 0.1) is 24.7 Å². The van der Waals surface area contributed by atoms with Gasteiger partial charge in [-0.1, -0.05) is 18.5 Å². The Labute approximate surface area is 232 Å². The summed E-state index contributed by atoms with van der Waals surface area (Å²) in [7, 11) is 0. The van der Waals surface area contributed by atoms with Crippen LogP contribution in [0.15, 0.2) is 12.1 Å². The summed E-state index contributed by atoms with van der Waals surface area (Å²) in [6.07, 6.45) is 2.43. The van der Waals surface area contributed by atoms with E-state index in [0.29, 0.717) is 36.1 Å². The summed E-state index contributed by atoms with van der Waals surface area (Å²) in [6.45, 7) is 17.0. The second-order valence-corrected chi connectivity index (χ2v) is 12.4. The summed E-state index contributed by atoms with van der Waals surface area (Å²) in [5.41, 5.74) is 1.84. The number of amides is 3. The Morgan fingerprint density at radius 2 is 1.87 bits per heavy atom. The Hall–Kier alpha value is -2.48. The van der Waals surface area contributed by atoms with Gasteiger partial charge in [0, 0.05) is 55.0 Å². The lowest BCUT2D eigenvalue weighted by molar-refractivity contribution is -0.129. The minimum absolute atomic E-state index is 0.00469. The van der Waals surface area contributed by atoms with Crippen LogP contribution < -0.4 is 15.5 Å². The molecule has 8 nitrogen and oxygen atoms in total. The summed E-state index contributed by atoms with van der Waals surface area (Å²) < 4.78 is 5.53. The van der Waals surface area contributed by atoms with Gasteiger partial charge in [-0.2, -0.15) is 0 Å². The molecule has 0 aliphatic carbocycles. The molecule has 0 radical (unpaired) electrons. The first-order chi connectivity index (χ1) is 17.8. The van der Waals surface area contributed by atoms with Crippen molar-refractivity contribution in [2.45, 2.75) is 79.4 Å². The molecule has 2 aliphatic heterocycles. The molecule has 0 spiro atoms. The highest BCUT2D eigenvalue weighted by molar-refractivity contribution is 6.31. The third-order valence-corrected chi connectivity index (χ3v) is 7.90. The molecule has 2 N–H and O–H groups in total. The molecule has 1 aromatic rings. The largest absolute Gasteiger partial charge is 0.444 e. The lowest BCUT2D eigenvalue weighted by Gasteiger charge is -2.36. The summed E-state index contributed by atoms with van der Waals surface area (Å²) in [5, 5.41) is 6.48. The Morgan fingerprint density at radius 1 is 1.21 bits per heavy atom. The van der Waals surface area contributed by atoms with Crippen LogP contribution in [0.3, 0.4) is 0 Å². The van der Waals surface area contributed by atoms with Crippen LogP contribution in [0.25, 0.3) is 0 Å². The number of piperidine rings is 2. The molecule has 3 unspecified atom stereocenters.